The quantitative estimate of drug-likeness (QED) is 0.597. The van der Waals surface area contributed by atoms with Gasteiger partial charge in [0.05, 0.1) is 31.1 Å². The molecule has 2 aromatic rings. The van der Waals surface area contributed by atoms with Crippen LogP contribution in [-0.2, 0) is 0 Å². The van der Waals surface area contributed by atoms with Crippen molar-refractivity contribution < 1.29 is 9.47 Å². The highest BCUT2D eigenvalue weighted by atomic mass is 16.5. The van der Waals surface area contributed by atoms with Crippen LogP contribution >= 0.6 is 0 Å². The summed E-state index contributed by atoms with van der Waals surface area (Å²) in [7, 11) is 0. The van der Waals surface area contributed by atoms with Crippen molar-refractivity contribution in [3.63, 3.8) is 0 Å². The summed E-state index contributed by atoms with van der Waals surface area (Å²) in [6.07, 6.45) is 4.94. The fourth-order valence-electron chi connectivity index (χ4n) is 2.06. The molecule has 0 aliphatic carbocycles. The summed E-state index contributed by atoms with van der Waals surface area (Å²) >= 11 is 0. The highest BCUT2D eigenvalue weighted by molar-refractivity contribution is 5.45. The first kappa shape index (κ1) is 15.2. The van der Waals surface area contributed by atoms with Gasteiger partial charge in [0.1, 0.15) is 0 Å². The molecule has 21 heavy (non-hydrogen) atoms. The minimum Gasteiger partial charge on any atom is -0.490 e. The molecule has 1 aromatic carbocycles. The van der Waals surface area contributed by atoms with Crippen molar-refractivity contribution in [3.8, 4) is 11.5 Å². The Morgan fingerprint density at radius 1 is 1.14 bits per heavy atom. The topological polar surface area (TPSA) is 82.3 Å². The summed E-state index contributed by atoms with van der Waals surface area (Å²) in [6.45, 7) is 5.02. The monoisotopic (exact) mass is 288 g/mol. The Hall–Kier alpha value is -2.18. The van der Waals surface area contributed by atoms with Crippen molar-refractivity contribution in [1.29, 1.82) is 0 Å². The molecule has 0 amide bonds. The van der Waals surface area contributed by atoms with Crippen LogP contribution in [0.5, 0.6) is 11.5 Å². The van der Waals surface area contributed by atoms with E-state index in [0.29, 0.717) is 19.0 Å². The van der Waals surface area contributed by atoms with Gasteiger partial charge in [-0.15, -0.1) is 0 Å². The zero-order valence-electron chi connectivity index (χ0n) is 12.2. The van der Waals surface area contributed by atoms with Crippen molar-refractivity contribution in [3.05, 3.63) is 48.0 Å². The van der Waals surface area contributed by atoms with Crippen LogP contribution in [0, 0.1) is 0 Å². The molecule has 6 heteroatoms. The van der Waals surface area contributed by atoms with E-state index in [1.54, 1.807) is 18.6 Å². The molecule has 0 aliphatic rings. The van der Waals surface area contributed by atoms with Gasteiger partial charge < -0.3 is 9.47 Å². The second-order valence-electron chi connectivity index (χ2n) is 4.30. The zero-order valence-corrected chi connectivity index (χ0v) is 12.2. The van der Waals surface area contributed by atoms with Gasteiger partial charge in [0, 0.05) is 12.4 Å². The molecular formula is C15H20N4O2. The van der Waals surface area contributed by atoms with Crippen LogP contribution in [0.15, 0.2) is 36.8 Å². The van der Waals surface area contributed by atoms with E-state index in [9.17, 15) is 0 Å². The number of hydrazine groups is 1. The Morgan fingerprint density at radius 2 is 1.90 bits per heavy atom. The lowest BCUT2D eigenvalue weighted by Crippen LogP contribution is -2.29. The molecule has 0 spiro atoms. The molecule has 1 heterocycles. The van der Waals surface area contributed by atoms with E-state index in [0.717, 1.165) is 17.0 Å². The molecular weight excluding hydrogens is 268 g/mol. The maximum atomic E-state index is 5.67. The predicted molar refractivity (Wildman–Crippen MR) is 80.0 cm³/mol. The number of aromatic nitrogens is 2. The number of nitrogens with one attached hydrogen (secondary N) is 1. The molecule has 0 saturated carbocycles. The van der Waals surface area contributed by atoms with E-state index in [4.69, 9.17) is 15.3 Å². The van der Waals surface area contributed by atoms with Gasteiger partial charge in [0.2, 0.25) is 0 Å². The van der Waals surface area contributed by atoms with E-state index < -0.39 is 0 Å². The van der Waals surface area contributed by atoms with Gasteiger partial charge in [0.15, 0.2) is 11.5 Å². The molecule has 0 saturated heterocycles. The lowest BCUT2D eigenvalue weighted by Gasteiger charge is -2.18. The maximum Gasteiger partial charge on any atom is 0.161 e. The van der Waals surface area contributed by atoms with Crippen LogP contribution in [0.4, 0.5) is 0 Å². The maximum absolute atomic E-state index is 5.67. The van der Waals surface area contributed by atoms with Crippen LogP contribution in [0.1, 0.15) is 31.1 Å². The molecule has 6 nitrogen and oxygen atoms in total. The molecule has 0 fully saturated rings. The van der Waals surface area contributed by atoms with Crippen LogP contribution in [0.3, 0.4) is 0 Å². The van der Waals surface area contributed by atoms with Gasteiger partial charge in [-0.05, 0) is 31.5 Å². The van der Waals surface area contributed by atoms with Crippen LogP contribution in [0.25, 0.3) is 0 Å². The van der Waals surface area contributed by atoms with Crippen molar-refractivity contribution in [2.75, 3.05) is 13.2 Å². The molecule has 0 radical (unpaired) electrons. The van der Waals surface area contributed by atoms with E-state index >= 15 is 0 Å². The van der Waals surface area contributed by atoms with E-state index in [2.05, 4.69) is 15.4 Å². The Kier molecular flexibility index (Phi) is 5.48. The van der Waals surface area contributed by atoms with Crippen LogP contribution < -0.4 is 20.7 Å². The van der Waals surface area contributed by atoms with Crippen molar-refractivity contribution >= 4 is 0 Å². The molecule has 0 aliphatic heterocycles. The number of nitrogens with zero attached hydrogens (tertiary/aromatic N) is 2. The highest BCUT2D eigenvalue weighted by Gasteiger charge is 2.16. The number of benzene rings is 1. The molecule has 1 aromatic heterocycles. The third-order valence-electron chi connectivity index (χ3n) is 2.95. The molecule has 0 bridgehead atoms. The molecule has 112 valence electrons. The fraction of sp³-hybridized carbons (Fsp3) is 0.333. The largest absolute Gasteiger partial charge is 0.490 e. The van der Waals surface area contributed by atoms with Crippen molar-refractivity contribution in [2.24, 2.45) is 5.84 Å². The minimum atomic E-state index is -0.256. The predicted octanol–water partition coefficient (Wildman–Crippen LogP) is 1.83. The third-order valence-corrected chi connectivity index (χ3v) is 2.95. The van der Waals surface area contributed by atoms with E-state index in [1.807, 2.05) is 32.0 Å². The van der Waals surface area contributed by atoms with E-state index in [-0.39, 0.29) is 6.04 Å². The van der Waals surface area contributed by atoms with Gasteiger partial charge in [0.25, 0.3) is 0 Å². The average Bonchev–Trinajstić information content (AvgIpc) is 2.52. The number of nitrogens with two attached hydrogens (primary N) is 1. The lowest BCUT2D eigenvalue weighted by molar-refractivity contribution is 0.287. The second-order valence-corrected chi connectivity index (χ2v) is 4.30. The molecule has 1 atom stereocenters. The number of ether oxygens (including phenoxy) is 2. The first-order valence-electron chi connectivity index (χ1n) is 6.91. The lowest BCUT2D eigenvalue weighted by atomic mass is 10.0. The summed E-state index contributed by atoms with van der Waals surface area (Å²) < 4.78 is 11.2. The summed E-state index contributed by atoms with van der Waals surface area (Å²) in [4.78, 5) is 8.35. The Morgan fingerprint density at radius 3 is 2.52 bits per heavy atom. The first-order chi connectivity index (χ1) is 10.3. The summed E-state index contributed by atoms with van der Waals surface area (Å²) in [5.74, 6) is 7.08. The van der Waals surface area contributed by atoms with E-state index in [1.165, 1.54) is 0 Å². The van der Waals surface area contributed by atoms with Gasteiger partial charge in [-0.1, -0.05) is 6.07 Å². The summed E-state index contributed by atoms with van der Waals surface area (Å²) in [5, 5.41) is 0. The molecule has 2 rings (SSSR count). The summed E-state index contributed by atoms with van der Waals surface area (Å²) in [6, 6.07) is 5.47. The minimum absolute atomic E-state index is 0.256. The number of rotatable bonds is 7. The number of hydrogen-bond donors (Lipinski definition) is 2. The van der Waals surface area contributed by atoms with Crippen LogP contribution in [-0.4, -0.2) is 23.2 Å². The first-order valence-corrected chi connectivity index (χ1v) is 6.91. The highest BCUT2D eigenvalue weighted by Crippen LogP contribution is 2.32. The fourth-order valence-corrected chi connectivity index (χ4v) is 2.06. The van der Waals surface area contributed by atoms with Crippen molar-refractivity contribution in [2.45, 2.75) is 19.9 Å². The third kappa shape index (κ3) is 3.68. The van der Waals surface area contributed by atoms with Crippen molar-refractivity contribution in [1.82, 2.24) is 15.4 Å². The zero-order chi connectivity index (χ0) is 15.1. The van der Waals surface area contributed by atoms with Crippen LogP contribution in [0.2, 0.25) is 0 Å². The Bertz CT molecular complexity index is 563. The molecule has 3 N–H and O–H groups in total. The molecule has 1 unspecified atom stereocenters. The average molecular weight is 288 g/mol. The second kappa shape index (κ2) is 7.56. The Labute approximate surface area is 124 Å². The standard InChI is InChI=1S/C15H20N4O2/c1-3-20-13-6-5-11(9-14(13)21-4-2)15(19-16)12-10-17-7-8-18-12/h5-10,15,19H,3-4,16H2,1-2H3. The number of hydrogen-bond acceptors (Lipinski definition) is 6. The summed E-state index contributed by atoms with van der Waals surface area (Å²) in [5.41, 5.74) is 4.43. The smallest absolute Gasteiger partial charge is 0.161 e. The van der Waals surface area contributed by atoms with Gasteiger partial charge in [-0.3, -0.25) is 15.8 Å². The SMILES string of the molecule is CCOc1ccc(C(NN)c2cnccn2)cc1OCC. The van der Waals surface area contributed by atoms with Gasteiger partial charge in [-0.2, -0.15) is 0 Å². The Balaban J connectivity index is 2.35. The van der Waals surface area contributed by atoms with Gasteiger partial charge in [-0.25, -0.2) is 5.43 Å². The van der Waals surface area contributed by atoms with Gasteiger partial charge >= 0.3 is 0 Å². The normalized spacial score (nSPS) is 12.0.